The number of nitriles is 1. The van der Waals surface area contributed by atoms with Crippen LogP contribution in [0.2, 0.25) is 0 Å². The van der Waals surface area contributed by atoms with Crippen LogP contribution in [0.15, 0.2) is 0 Å². The van der Waals surface area contributed by atoms with E-state index in [-0.39, 0.29) is 6.10 Å². The van der Waals surface area contributed by atoms with Gasteiger partial charge in [-0.05, 0) is 20.3 Å². The third-order valence-corrected chi connectivity index (χ3v) is 3.00. The Kier molecular flexibility index (Phi) is 13.7. The molecule has 0 aliphatic carbocycles. The van der Waals surface area contributed by atoms with Crippen LogP contribution in [0.5, 0.6) is 0 Å². The Labute approximate surface area is 140 Å². The molecule has 0 saturated heterocycles. The number of hydrogen-bond acceptors (Lipinski definition) is 5. The van der Waals surface area contributed by atoms with Gasteiger partial charge in [-0.15, -0.1) is 0 Å². The molecular formula is C17H30N2O4. The fraction of sp³-hybridized carbons (Fsp3) is 0.882. The number of hydrogen-bond donors (Lipinski definition) is 0. The van der Waals surface area contributed by atoms with Crippen LogP contribution in [0, 0.1) is 23.3 Å². The van der Waals surface area contributed by atoms with Gasteiger partial charge in [-0.1, -0.05) is 6.92 Å². The predicted octanol–water partition coefficient (Wildman–Crippen LogP) is 2.69. The van der Waals surface area contributed by atoms with Gasteiger partial charge in [-0.25, -0.2) is 6.57 Å². The first kappa shape index (κ1) is 21.8. The van der Waals surface area contributed by atoms with Gasteiger partial charge in [0.2, 0.25) is 6.54 Å². The van der Waals surface area contributed by atoms with E-state index < -0.39 is 5.41 Å². The Bertz CT molecular complexity index is 339. The molecule has 0 heterocycles. The summed E-state index contributed by atoms with van der Waals surface area (Å²) in [6.45, 7) is 16.3. The molecule has 0 aliphatic rings. The lowest BCUT2D eigenvalue weighted by Gasteiger charge is -2.33. The molecule has 23 heavy (non-hydrogen) atoms. The highest BCUT2D eigenvalue weighted by molar-refractivity contribution is 4.80. The molecule has 6 heteroatoms. The van der Waals surface area contributed by atoms with Crippen molar-refractivity contribution >= 4 is 0 Å². The van der Waals surface area contributed by atoms with E-state index in [1.807, 2.05) is 13.8 Å². The van der Waals surface area contributed by atoms with Gasteiger partial charge >= 0.3 is 0 Å². The van der Waals surface area contributed by atoms with Crippen LogP contribution >= 0.6 is 0 Å². The first-order valence-electron chi connectivity index (χ1n) is 8.15. The molecule has 132 valence electrons. The van der Waals surface area contributed by atoms with Crippen molar-refractivity contribution in [2.75, 3.05) is 52.8 Å². The maximum Gasteiger partial charge on any atom is 0.237 e. The average molecular weight is 326 g/mol. The molecule has 0 spiro atoms. The van der Waals surface area contributed by atoms with Crippen molar-refractivity contribution in [3.8, 4) is 6.07 Å². The third-order valence-electron chi connectivity index (χ3n) is 3.00. The van der Waals surface area contributed by atoms with E-state index in [1.54, 1.807) is 0 Å². The molecule has 0 fully saturated rings. The normalized spacial score (nSPS) is 13.5. The van der Waals surface area contributed by atoms with Crippen molar-refractivity contribution in [1.29, 1.82) is 5.26 Å². The summed E-state index contributed by atoms with van der Waals surface area (Å²) in [4.78, 5) is 3.29. The van der Waals surface area contributed by atoms with E-state index in [2.05, 4.69) is 17.8 Å². The molecule has 0 radical (unpaired) electrons. The van der Waals surface area contributed by atoms with E-state index in [4.69, 9.17) is 30.8 Å². The zero-order chi connectivity index (χ0) is 17.4. The van der Waals surface area contributed by atoms with Gasteiger partial charge in [0.1, 0.15) is 6.61 Å². The highest BCUT2D eigenvalue weighted by atomic mass is 16.5. The van der Waals surface area contributed by atoms with Gasteiger partial charge in [-0.3, -0.25) is 0 Å². The Hall–Kier alpha value is -1.18. The standard InChI is InChI=1S/C17H30N2O4/c1-5-9-20-12-17(15-23-16(2)3,13-21-10-6-7-18)14-22-11-8-19-4/h16H,5-6,8-15H2,1-3H3. The molecule has 0 aliphatic heterocycles. The van der Waals surface area contributed by atoms with Crippen LogP contribution in [-0.2, 0) is 18.9 Å². The van der Waals surface area contributed by atoms with Crippen molar-refractivity contribution in [1.82, 2.24) is 0 Å². The van der Waals surface area contributed by atoms with Crippen LogP contribution in [0.4, 0.5) is 0 Å². The topological polar surface area (TPSA) is 65.1 Å². The minimum Gasteiger partial charge on any atom is -0.381 e. The Morgan fingerprint density at radius 2 is 1.65 bits per heavy atom. The summed E-state index contributed by atoms with van der Waals surface area (Å²) >= 11 is 0. The minimum absolute atomic E-state index is 0.0999. The van der Waals surface area contributed by atoms with Gasteiger partial charge in [-0.2, -0.15) is 5.26 Å². The quantitative estimate of drug-likeness (QED) is 0.342. The lowest BCUT2D eigenvalue weighted by molar-refractivity contribution is -0.113. The van der Waals surface area contributed by atoms with Crippen molar-refractivity contribution in [2.45, 2.75) is 39.7 Å². The average Bonchev–Trinajstić information content (AvgIpc) is 2.54. The summed E-state index contributed by atoms with van der Waals surface area (Å²) in [6.07, 6.45) is 1.40. The zero-order valence-electron chi connectivity index (χ0n) is 14.7. The van der Waals surface area contributed by atoms with Gasteiger partial charge in [0, 0.05) is 6.61 Å². The second-order valence-corrected chi connectivity index (χ2v) is 5.81. The molecule has 6 nitrogen and oxygen atoms in total. The zero-order valence-corrected chi connectivity index (χ0v) is 14.7. The maximum atomic E-state index is 8.61. The van der Waals surface area contributed by atoms with E-state index >= 15 is 0 Å². The van der Waals surface area contributed by atoms with Gasteiger partial charge < -0.3 is 23.8 Å². The van der Waals surface area contributed by atoms with Crippen LogP contribution in [0.3, 0.4) is 0 Å². The highest BCUT2D eigenvalue weighted by Crippen LogP contribution is 2.21. The largest absolute Gasteiger partial charge is 0.381 e. The van der Waals surface area contributed by atoms with Gasteiger partial charge in [0.15, 0.2) is 0 Å². The summed E-state index contributed by atoms with van der Waals surface area (Å²) in [6, 6.07) is 2.06. The molecule has 0 amide bonds. The Morgan fingerprint density at radius 1 is 1.04 bits per heavy atom. The monoisotopic (exact) mass is 326 g/mol. The smallest absolute Gasteiger partial charge is 0.237 e. The van der Waals surface area contributed by atoms with Crippen molar-refractivity contribution in [3.63, 3.8) is 0 Å². The molecule has 1 atom stereocenters. The van der Waals surface area contributed by atoms with E-state index in [0.29, 0.717) is 59.2 Å². The molecule has 0 aromatic carbocycles. The first-order chi connectivity index (χ1) is 11.1. The fourth-order valence-electron chi connectivity index (χ4n) is 1.83. The fourth-order valence-corrected chi connectivity index (χ4v) is 1.83. The van der Waals surface area contributed by atoms with Crippen molar-refractivity contribution in [3.05, 3.63) is 11.4 Å². The van der Waals surface area contributed by atoms with Crippen LogP contribution in [0.1, 0.15) is 33.6 Å². The second kappa shape index (κ2) is 14.4. The number of nitrogens with zero attached hydrogens (tertiary/aromatic N) is 2. The summed E-state index contributed by atoms with van der Waals surface area (Å²) in [5, 5.41) is 8.61. The van der Waals surface area contributed by atoms with Crippen molar-refractivity contribution in [2.24, 2.45) is 5.41 Å². The van der Waals surface area contributed by atoms with E-state index in [9.17, 15) is 0 Å². The Morgan fingerprint density at radius 3 is 2.17 bits per heavy atom. The number of ether oxygens (including phenoxy) is 4. The van der Waals surface area contributed by atoms with Gasteiger partial charge in [0.05, 0.1) is 57.0 Å². The van der Waals surface area contributed by atoms with E-state index in [0.717, 1.165) is 6.42 Å². The summed E-state index contributed by atoms with van der Waals surface area (Å²) in [7, 11) is 0. The van der Waals surface area contributed by atoms with Crippen LogP contribution < -0.4 is 0 Å². The summed E-state index contributed by atoms with van der Waals surface area (Å²) in [5.41, 5.74) is -0.420. The first-order valence-corrected chi connectivity index (χ1v) is 8.15. The minimum atomic E-state index is -0.420. The van der Waals surface area contributed by atoms with Gasteiger partial charge in [0.25, 0.3) is 0 Å². The molecule has 0 saturated carbocycles. The highest BCUT2D eigenvalue weighted by Gasteiger charge is 2.33. The Balaban J connectivity index is 4.70. The lowest BCUT2D eigenvalue weighted by atomic mass is 9.92. The molecule has 0 aromatic rings. The number of rotatable bonds is 15. The molecule has 1 unspecified atom stereocenters. The van der Waals surface area contributed by atoms with E-state index in [1.165, 1.54) is 0 Å². The maximum absolute atomic E-state index is 8.61. The molecule has 0 bridgehead atoms. The molecule has 0 rings (SSSR count). The van der Waals surface area contributed by atoms with Crippen molar-refractivity contribution < 1.29 is 18.9 Å². The molecule has 0 N–H and O–H groups in total. The van der Waals surface area contributed by atoms with Crippen LogP contribution in [0.25, 0.3) is 4.85 Å². The van der Waals surface area contributed by atoms with Crippen LogP contribution in [-0.4, -0.2) is 58.9 Å². The summed E-state index contributed by atoms with van der Waals surface area (Å²) < 4.78 is 22.8. The lowest BCUT2D eigenvalue weighted by Crippen LogP contribution is -2.42. The predicted molar refractivity (Wildman–Crippen MR) is 88.0 cm³/mol. The third kappa shape index (κ3) is 12.0. The summed E-state index contributed by atoms with van der Waals surface area (Å²) in [5.74, 6) is 0. The second-order valence-electron chi connectivity index (χ2n) is 5.81. The molecular weight excluding hydrogens is 296 g/mol. The molecule has 0 aromatic heterocycles. The SMILES string of the molecule is [C-]#[N+]CCOCC(COCCC)(COCCC#N)COC(C)C.